The van der Waals surface area contributed by atoms with Gasteiger partial charge in [0.15, 0.2) is 0 Å². The van der Waals surface area contributed by atoms with Gasteiger partial charge in [-0.25, -0.2) is 4.68 Å². The third kappa shape index (κ3) is 5.85. The summed E-state index contributed by atoms with van der Waals surface area (Å²) in [6.07, 6.45) is 6.03. The highest BCUT2D eigenvalue weighted by atomic mass is 16.2. The SMILES string of the molecule is O=C(Nc1cccc(-n2cccn2)c1)[C@H]1CCCN(Cc2ccc(C#CCCO)cc2)C1. The van der Waals surface area contributed by atoms with Crippen molar-refractivity contribution in [1.82, 2.24) is 14.7 Å². The molecule has 0 spiro atoms. The Kier molecular flexibility index (Phi) is 7.34. The molecule has 0 saturated carbocycles. The second-order valence-corrected chi connectivity index (χ2v) is 8.04. The van der Waals surface area contributed by atoms with Crippen LogP contribution in [0.5, 0.6) is 0 Å². The molecule has 32 heavy (non-hydrogen) atoms. The number of carbonyl (C=O) groups excluding carboxylic acids is 1. The van der Waals surface area contributed by atoms with Crippen molar-refractivity contribution in [1.29, 1.82) is 0 Å². The quantitative estimate of drug-likeness (QED) is 0.590. The zero-order chi connectivity index (χ0) is 22.2. The smallest absolute Gasteiger partial charge is 0.228 e. The van der Waals surface area contributed by atoms with E-state index in [1.165, 1.54) is 5.56 Å². The van der Waals surface area contributed by atoms with Gasteiger partial charge in [-0.3, -0.25) is 9.69 Å². The molecule has 1 aliphatic heterocycles. The highest BCUT2D eigenvalue weighted by Gasteiger charge is 2.26. The van der Waals surface area contributed by atoms with Gasteiger partial charge < -0.3 is 10.4 Å². The van der Waals surface area contributed by atoms with Crippen LogP contribution in [0.4, 0.5) is 5.69 Å². The summed E-state index contributed by atoms with van der Waals surface area (Å²) >= 11 is 0. The molecular formula is C26H28N4O2. The summed E-state index contributed by atoms with van der Waals surface area (Å²) in [5.41, 5.74) is 3.88. The van der Waals surface area contributed by atoms with Crippen LogP contribution in [0.25, 0.3) is 5.69 Å². The molecule has 164 valence electrons. The first-order valence-corrected chi connectivity index (χ1v) is 11.0. The van der Waals surface area contributed by atoms with Crippen LogP contribution in [-0.4, -0.2) is 45.4 Å². The maximum absolute atomic E-state index is 12.9. The van der Waals surface area contributed by atoms with Crippen LogP contribution >= 0.6 is 0 Å². The van der Waals surface area contributed by atoms with Gasteiger partial charge in [0, 0.05) is 43.2 Å². The number of aromatic nitrogens is 2. The fourth-order valence-electron chi connectivity index (χ4n) is 3.98. The molecule has 0 radical (unpaired) electrons. The van der Waals surface area contributed by atoms with E-state index in [2.05, 4.69) is 39.3 Å². The summed E-state index contributed by atoms with van der Waals surface area (Å²) in [5.74, 6) is 6.04. The maximum Gasteiger partial charge on any atom is 0.228 e. The van der Waals surface area contributed by atoms with Crippen molar-refractivity contribution < 1.29 is 9.90 Å². The Morgan fingerprint density at radius 2 is 2.06 bits per heavy atom. The van der Waals surface area contributed by atoms with Crippen LogP contribution < -0.4 is 5.32 Å². The average Bonchev–Trinajstić information content (AvgIpc) is 3.36. The third-order valence-corrected chi connectivity index (χ3v) is 5.59. The number of aliphatic hydroxyl groups is 1. The Hall–Kier alpha value is -3.40. The topological polar surface area (TPSA) is 70.4 Å². The molecule has 3 aromatic rings. The fraction of sp³-hybridized carbons (Fsp3) is 0.308. The number of piperidine rings is 1. The van der Waals surface area contributed by atoms with E-state index in [-0.39, 0.29) is 18.4 Å². The molecule has 2 N–H and O–H groups in total. The number of anilines is 1. The normalized spacial score (nSPS) is 16.2. The molecule has 2 heterocycles. The van der Waals surface area contributed by atoms with Crippen LogP contribution in [0, 0.1) is 17.8 Å². The number of likely N-dealkylation sites (tertiary alicyclic amines) is 1. The van der Waals surface area contributed by atoms with E-state index in [9.17, 15) is 4.79 Å². The molecule has 1 aliphatic rings. The van der Waals surface area contributed by atoms with E-state index in [1.54, 1.807) is 10.9 Å². The second-order valence-electron chi connectivity index (χ2n) is 8.04. The molecule has 1 atom stereocenters. The van der Waals surface area contributed by atoms with Crippen LogP contribution in [0.2, 0.25) is 0 Å². The van der Waals surface area contributed by atoms with Gasteiger partial charge >= 0.3 is 0 Å². The van der Waals surface area contributed by atoms with Crippen LogP contribution in [0.1, 0.15) is 30.4 Å². The number of nitrogens with zero attached hydrogens (tertiary/aromatic N) is 3. The van der Waals surface area contributed by atoms with Crippen molar-refractivity contribution in [2.24, 2.45) is 5.92 Å². The first-order valence-electron chi connectivity index (χ1n) is 11.0. The van der Waals surface area contributed by atoms with Gasteiger partial charge in [-0.2, -0.15) is 5.10 Å². The molecule has 4 rings (SSSR count). The van der Waals surface area contributed by atoms with Gasteiger partial charge in [0.2, 0.25) is 5.91 Å². The fourth-order valence-corrected chi connectivity index (χ4v) is 3.98. The average molecular weight is 429 g/mol. The van der Waals surface area contributed by atoms with Gasteiger partial charge in [-0.05, 0) is 61.3 Å². The predicted molar refractivity (Wildman–Crippen MR) is 125 cm³/mol. The van der Waals surface area contributed by atoms with Gasteiger partial charge in [-0.1, -0.05) is 30.0 Å². The first-order chi connectivity index (χ1) is 15.7. The summed E-state index contributed by atoms with van der Waals surface area (Å²) in [6, 6.07) is 17.8. The van der Waals surface area contributed by atoms with Crippen molar-refractivity contribution in [3.05, 3.63) is 78.1 Å². The molecule has 6 nitrogen and oxygen atoms in total. The lowest BCUT2D eigenvalue weighted by molar-refractivity contribution is -0.121. The van der Waals surface area contributed by atoms with Crippen molar-refractivity contribution in [3.63, 3.8) is 0 Å². The Bertz CT molecular complexity index is 1080. The molecule has 1 saturated heterocycles. The molecule has 1 fully saturated rings. The second kappa shape index (κ2) is 10.8. The number of hydrogen-bond donors (Lipinski definition) is 2. The molecule has 6 heteroatoms. The van der Waals surface area contributed by atoms with Crippen molar-refractivity contribution >= 4 is 11.6 Å². The van der Waals surface area contributed by atoms with E-state index in [0.717, 1.165) is 49.4 Å². The molecule has 2 aromatic carbocycles. The summed E-state index contributed by atoms with van der Waals surface area (Å²) < 4.78 is 1.78. The van der Waals surface area contributed by atoms with Gasteiger partial charge in [0.1, 0.15) is 0 Å². The van der Waals surface area contributed by atoms with Crippen molar-refractivity contribution in [2.75, 3.05) is 25.0 Å². The minimum absolute atomic E-state index is 0.0271. The van der Waals surface area contributed by atoms with Gasteiger partial charge in [-0.15, -0.1) is 0 Å². The number of hydrogen-bond acceptors (Lipinski definition) is 4. The van der Waals surface area contributed by atoms with E-state index in [4.69, 9.17) is 5.11 Å². The lowest BCUT2D eigenvalue weighted by Gasteiger charge is -2.32. The predicted octanol–water partition coefficient (Wildman–Crippen LogP) is 3.46. The van der Waals surface area contributed by atoms with Crippen LogP contribution in [-0.2, 0) is 11.3 Å². The molecule has 0 unspecified atom stereocenters. The summed E-state index contributed by atoms with van der Waals surface area (Å²) in [4.78, 5) is 15.3. The Labute approximate surface area is 188 Å². The van der Waals surface area contributed by atoms with Crippen LogP contribution in [0.3, 0.4) is 0 Å². The molecule has 1 aromatic heterocycles. The minimum atomic E-state index is -0.0271. The Morgan fingerprint density at radius 3 is 2.84 bits per heavy atom. The van der Waals surface area contributed by atoms with Crippen molar-refractivity contribution in [2.45, 2.75) is 25.8 Å². The van der Waals surface area contributed by atoms with E-state index in [0.29, 0.717) is 6.42 Å². The lowest BCUT2D eigenvalue weighted by Crippen LogP contribution is -2.40. The molecular weight excluding hydrogens is 400 g/mol. The van der Waals surface area contributed by atoms with Crippen molar-refractivity contribution in [3.8, 4) is 17.5 Å². The molecule has 0 bridgehead atoms. The maximum atomic E-state index is 12.9. The standard InChI is InChI=1S/C26H28N4O2/c31-17-2-1-6-21-10-12-22(13-11-21)19-29-15-4-7-23(20-29)26(32)28-24-8-3-9-25(18-24)30-16-5-14-27-30/h3,5,8-14,16,18,23,31H,2,4,7,15,17,19-20H2,(H,28,32)/t23-/m0/s1. The summed E-state index contributed by atoms with van der Waals surface area (Å²) in [6.45, 7) is 2.66. The van der Waals surface area contributed by atoms with Gasteiger partial charge in [0.05, 0.1) is 18.2 Å². The number of carbonyl (C=O) groups is 1. The minimum Gasteiger partial charge on any atom is -0.395 e. The number of nitrogens with one attached hydrogen (secondary N) is 1. The van der Waals surface area contributed by atoms with E-state index >= 15 is 0 Å². The number of aliphatic hydroxyl groups excluding tert-OH is 1. The zero-order valence-electron chi connectivity index (χ0n) is 18.1. The highest BCUT2D eigenvalue weighted by Crippen LogP contribution is 2.21. The summed E-state index contributed by atoms with van der Waals surface area (Å²) in [7, 11) is 0. The molecule has 1 amide bonds. The zero-order valence-corrected chi connectivity index (χ0v) is 18.1. The summed E-state index contributed by atoms with van der Waals surface area (Å²) in [5, 5.41) is 16.2. The lowest BCUT2D eigenvalue weighted by atomic mass is 9.96. The Balaban J connectivity index is 1.33. The number of benzene rings is 2. The third-order valence-electron chi connectivity index (χ3n) is 5.59. The van der Waals surface area contributed by atoms with Gasteiger partial charge in [0.25, 0.3) is 0 Å². The molecule has 0 aliphatic carbocycles. The van der Waals surface area contributed by atoms with Crippen LogP contribution in [0.15, 0.2) is 67.0 Å². The number of amides is 1. The van der Waals surface area contributed by atoms with E-state index in [1.807, 2.05) is 48.7 Å². The monoisotopic (exact) mass is 428 g/mol. The first kappa shape index (κ1) is 21.8. The Morgan fingerprint density at radius 1 is 1.19 bits per heavy atom. The number of rotatable bonds is 6. The largest absolute Gasteiger partial charge is 0.395 e. The highest BCUT2D eigenvalue weighted by molar-refractivity contribution is 5.93. The van der Waals surface area contributed by atoms with E-state index < -0.39 is 0 Å².